The monoisotopic (exact) mass is 467 g/mol. The van der Waals surface area contributed by atoms with Gasteiger partial charge in [0.05, 0.1) is 30.0 Å². The molecule has 7 heteroatoms. The van der Waals surface area contributed by atoms with E-state index < -0.39 is 29.5 Å². The number of aliphatic hydroxyl groups is 3. The minimum atomic E-state index is -1.01. The normalized spacial score (nSPS) is 38.4. The second kappa shape index (κ2) is 11.5. The summed E-state index contributed by atoms with van der Waals surface area (Å²) in [7, 11) is 0. The van der Waals surface area contributed by atoms with Gasteiger partial charge in [-0.25, -0.2) is 0 Å². The van der Waals surface area contributed by atoms with E-state index in [1.807, 2.05) is 47.6 Å². The summed E-state index contributed by atoms with van der Waals surface area (Å²) in [6.07, 6.45) is 6.81. The van der Waals surface area contributed by atoms with Gasteiger partial charge in [0.2, 0.25) is 5.91 Å². The Balaban J connectivity index is 2.03. The maximum atomic E-state index is 11.0. The Labute approximate surface area is 199 Å². The van der Waals surface area contributed by atoms with Crippen molar-refractivity contribution in [1.29, 1.82) is 0 Å². The molecule has 5 N–H and O–H groups in total. The van der Waals surface area contributed by atoms with Crippen LogP contribution < -0.4 is 5.73 Å². The molecule has 2 aliphatic rings. The van der Waals surface area contributed by atoms with Crippen molar-refractivity contribution in [3.63, 3.8) is 0 Å². The second-order valence-electron chi connectivity index (χ2n) is 10.6. The summed E-state index contributed by atoms with van der Waals surface area (Å²) >= 11 is 0. The SMILES string of the molecule is CCC(/C=C/C(N)=O)=C\CCC(C)(O)CC(C)C1CC(O)C(C)C2(CC(O)C(C)C(C)O2)O1. The van der Waals surface area contributed by atoms with Crippen molar-refractivity contribution in [2.75, 3.05) is 0 Å². The molecule has 0 aromatic carbocycles. The third-order valence-electron chi connectivity index (χ3n) is 7.68. The molecular formula is C26H45NO6. The van der Waals surface area contributed by atoms with Gasteiger partial charge >= 0.3 is 0 Å². The smallest absolute Gasteiger partial charge is 0.241 e. The molecule has 9 atom stereocenters. The molecule has 2 fully saturated rings. The van der Waals surface area contributed by atoms with E-state index in [2.05, 4.69) is 0 Å². The summed E-state index contributed by atoms with van der Waals surface area (Å²) in [5, 5.41) is 32.5. The number of aliphatic hydroxyl groups excluding tert-OH is 2. The highest BCUT2D eigenvalue weighted by Gasteiger charge is 2.54. The van der Waals surface area contributed by atoms with Crippen LogP contribution in [0.4, 0.5) is 0 Å². The lowest BCUT2D eigenvalue weighted by Gasteiger charge is -2.54. The predicted molar refractivity (Wildman–Crippen MR) is 128 cm³/mol. The van der Waals surface area contributed by atoms with Crippen LogP contribution in [0.2, 0.25) is 0 Å². The summed E-state index contributed by atoms with van der Waals surface area (Å²) in [6, 6.07) is 0. The third kappa shape index (κ3) is 7.36. The number of amides is 1. The van der Waals surface area contributed by atoms with E-state index in [4.69, 9.17) is 15.2 Å². The molecule has 2 heterocycles. The molecule has 1 spiro atoms. The van der Waals surface area contributed by atoms with Crippen LogP contribution in [0.3, 0.4) is 0 Å². The van der Waals surface area contributed by atoms with Crippen molar-refractivity contribution >= 4 is 5.91 Å². The molecule has 0 aromatic rings. The minimum Gasteiger partial charge on any atom is -0.393 e. The molecule has 0 saturated carbocycles. The maximum absolute atomic E-state index is 11.0. The lowest BCUT2D eigenvalue weighted by Crippen LogP contribution is -2.62. The van der Waals surface area contributed by atoms with Crippen LogP contribution in [0.5, 0.6) is 0 Å². The average Bonchev–Trinajstić information content (AvgIpc) is 2.71. The number of carbonyl (C=O) groups excluding carboxylic acids is 1. The summed E-state index contributed by atoms with van der Waals surface area (Å²) < 4.78 is 12.8. The fourth-order valence-electron chi connectivity index (χ4n) is 5.14. The molecule has 0 radical (unpaired) electrons. The van der Waals surface area contributed by atoms with Gasteiger partial charge < -0.3 is 30.5 Å². The molecule has 190 valence electrons. The number of allylic oxidation sites excluding steroid dienone is 3. The summed E-state index contributed by atoms with van der Waals surface area (Å²) in [5.41, 5.74) is 5.25. The Hall–Kier alpha value is -1.25. The van der Waals surface area contributed by atoms with Crippen molar-refractivity contribution in [1.82, 2.24) is 0 Å². The van der Waals surface area contributed by atoms with Crippen LogP contribution in [0.1, 0.15) is 80.1 Å². The number of hydrogen-bond acceptors (Lipinski definition) is 6. The second-order valence-corrected chi connectivity index (χ2v) is 10.6. The van der Waals surface area contributed by atoms with Crippen LogP contribution in [0, 0.1) is 17.8 Å². The van der Waals surface area contributed by atoms with Crippen LogP contribution in [0.15, 0.2) is 23.8 Å². The Kier molecular flexibility index (Phi) is 9.71. The first-order valence-corrected chi connectivity index (χ1v) is 12.4. The lowest BCUT2D eigenvalue weighted by atomic mass is 9.76. The first-order valence-electron chi connectivity index (χ1n) is 12.4. The molecular weight excluding hydrogens is 422 g/mol. The average molecular weight is 468 g/mol. The Morgan fingerprint density at radius 1 is 1.21 bits per heavy atom. The Bertz CT molecular complexity index is 706. The van der Waals surface area contributed by atoms with Gasteiger partial charge in [0.1, 0.15) is 0 Å². The maximum Gasteiger partial charge on any atom is 0.241 e. The van der Waals surface area contributed by atoms with Crippen LogP contribution in [-0.4, -0.2) is 57.0 Å². The number of nitrogens with two attached hydrogens (primary N) is 1. The lowest BCUT2D eigenvalue weighted by molar-refractivity contribution is -0.373. The first-order chi connectivity index (χ1) is 15.3. The van der Waals surface area contributed by atoms with Gasteiger partial charge in [-0.05, 0) is 45.4 Å². The topological polar surface area (TPSA) is 122 Å². The number of rotatable bonds is 9. The molecule has 0 aliphatic carbocycles. The quantitative estimate of drug-likeness (QED) is 0.305. The summed E-state index contributed by atoms with van der Waals surface area (Å²) in [5.74, 6) is -1.76. The Morgan fingerprint density at radius 2 is 1.88 bits per heavy atom. The standard InChI is InChI=1S/C26H45NO6/c1-7-20(10-11-24(27)30)9-8-12-25(6,31)14-16(2)23-13-21(28)18(4)26(33-23)15-22(29)17(3)19(5)32-26/h9-11,16-19,21-23,28-29,31H,7-8,12-15H2,1-6H3,(H2,27,30)/b11-10+,20-9+. The minimum absolute atomic E-state index is 0.000912. The fraction of sp³-hybridized carbons (Fsp3) is 0.808. The van der Waals surface area contributed by atoms with Gasteiger partial charge in [-0.2, -0.15) is 0 Å². The molecule has 2 aliphatic heterocycles. The van der Waals surface area contributed by atoms with Gasteiger partial charge in [-0.15, -0.1) is 0 Å². The van der Waals surface area contributed by atoms with E-state index in [-0.39, 0.29) is 30.0 Å². The fourth-order valence-corrected chi connectivity index (χ4v) is 5.14. The van der Waals surface area contributed by atoms with E-state index >= 15 is 0 Å². The predicted octanol–water partition coefficient (Wildman–Crippen LogP) is 3.21. The van der Waals surface area contributed by atoms with E-state index in [1.54, 1.807) is 6.08 Å². The number of ether oxygens (including phenoxy) is 2. The van der Waals surface area contributed by atoms with Crippen molar-refractivity contribution in [2.24, 2.45) is 23.5 Å². The Morgan fingerprint density at radius 3 is 2.45 bits per heavy atom. The van der Waals surface area contributed by atoms with Crippen molar-refractivity contribution < 1.29 is 29.6 Å². The first kappa shape index (κ1) is 28.0. The zero-order chi connectivity index (χ0) is 25.0. The van der Waals surface area contributed by atoms with Gasteiger partial charge in [0, 0.05) is 30.8 Å². The zero-order valence-corrected chi connectivity index (χ0v) is 21.2. The largest absolute Gasteiger partial charge is 0.393 e. The van der Waals surface area contributed by atoms with Crippen LogP contribution in [0.25, 0.3) is 0 Å². The van der Waals surface area contributed by atoms with E-state index in [0.717, 1.165) is 12.0 Å². The molecule has 2 saturated heterocycles. The van der Waals surface area contributed by atoms with Crippen molar-refractivity contribution in [3.05, 3.63) is 23.8 Å². The molecule has 1 amide bonds. The number of primary amides is 1. The van der Waals surface area contributed by atoms with Crippen molar-refractivity contribution in [3.8, 4) is 0 Å². The molecule has 0 aromatic heterocycles. The van der Waals surface area contributed by atoms with Crippen LogP contribution in [-0.2, 0) is 14.3 Å². The van der Waals surface area contributed by atoms with Gasteiger partial charge in [-0.3, -0.25) is 4.79 Å². The van der Waals surface area contributed by atoms with E-state index in [1.165, 1.54) is 6.08 Å². The highest BCUT2D eigenvalue weighted by atomic mass is 16.7. The highest BCUT2D eigenvalue weighted by molar-refractivity contribution is 5.86. The summed E-state index contributed by atoms with van der Waals surface area (Å²) in [4.78, 5) is 10.9. The van der Waals surface area contributed by atoms with Crippen LogP contribution >= 0.6 is 0 Å². The molecule has 2 rings (SSSR count). The molecule has 0 bridgehead atoms. The van der Waals surface area contributed by atoms with Crippen molar-refractivity contribution in [2.45, 2.75) is 116 Å². The van der Waals surface area contributed by atoms with Gasteiger partial charge in [-0.1, -0.05) is 45.4 Å². The van der Waals surface area contributed by atoms with Gasteiger partial charge in [0.25, 0.3) is 0 Å². The molecule has 7 nitrogen and oxygen atoms in total. The number of hydrogen-bond donors (Lipinski definition) is 4. The van der Waals surface area contributed by atoms with E-state index in [0.29, 0.717) is 32.1 Å². The highest BCUT2D eigenvalue weighted by Crippen LogP contribution is 2.46. The third-order valence-corrected chi connectivity index (χ3v) is 7.68. The van der Waals surface area contributed by atoms with Gasteiger partial charge in [0.15, 0.2) is 5.79 Å². The summed E-state index contributed by atoms with van der Waals surface area (Å²) in [6.45, 7) is 11.7. The number of carbonyl (C=O) groups is 1. The molecule has 9 unspecified atom stereocenters. The zero-order valence-electron chi connectivity index (χ0n) is 21.2. The van der Waals surface area contributed by atoms with E-state index in [9.17, 15) is 20.1 Å². The molecule has 33 heavy (non-hydrogen) atoms.